The minimum absolute atomic E-state index is 0.360. The molecule has 0 aromatic heterocycles. The zero-order valence-electron chi connectivity index (χ0n) is 11.5. The summed E-state index contributed by atoms with van der Waals surface area (Å²) in [4.78, 5) is 0. The van der Waals surface area contributed by atoms with Crippen molar-refractivity contribution in [1.82, 2.24) is 10.4 Å². The van der Waals surface area contributed by atoms with Gasteiger partial charge in [-0.2, -0.15) is 0 Å². The van der Waals surface area contributed by atoms with E-state index in [1.165, 1.54) is 37.9 Å². The molecule has 1 saturated heterocycles. The molecule has 3 heteroatoms. The van der Waals surface area contributed by atoms with Crippen LogP contribution in [0, 0.1) is 0 Å². The summed E-state index contributed by atoms with van der Waals surface area (Å²) in [7, 11) is 0. The average Bonchev–Trinajstić information content (AvgIpc) is 2.41. The first-order valence-corrected chi connectivity index (χ1v) is 7.03. The van der Waals surface area contributed by atoms with Gasteiger partial charge in [0.1, 0.15) is 5.75 Å². The van der Waals surface area contributed by atoms with Crippen LogP contribution in [0.5, 0.6) is 5.75 Å². The number of nitrogens with zero attached hydrogens (tertiary/aromatic N) is 1. The van der Waals surface area contributed by atoms with Crippen molar-refractivity contribution in [3.05, 3.63) is 29.8 Å². The number of hydrazine groups is 1. The minimum atomic E-state index is 0.360. The number of ether oxygens (including phenoxy) is 1. The largest absolute Gasteiger partial charge is 0.494 e. The summed E-state index contributed by atoms with van der Waals surface area (Å²) >= 11 is 0. The first kappa shape index (κ1) is 13.4. The van der Waals surface area contributed by atoms with Crippen molar-refractivity contribution in [3.63, 3.8) is 0 Å². The minimum Gasteiger partial charge on any atom is -0.494 e. The van der Waals surface area contributed by atoms with E-state index >= 15 is 0 Å². The van der Waals surface area contributed by atoms with E-state index in [9.17, 15) is 0 Å². The van der Waals surface area contributed by atoms with E-state index in [-0.39, 0.29) is 0 Å². The molecule has 1 heterocycles. The molecule has 0 bridgehead atoms. The third kappa shape index (κ3) is 3.72. The second kappa shape index (κ2) is 6.76. The Bertz CT molecular complexity index is 344. The Labute approximate surface area is 110 Å². The Morgan fingerprint density at radius 2 is 1.83 bits per heavy atom. The molecule has 0 amide bonds. The molecule has 1 aromatic carbocycles. The quantitative estimate of drug-likeness (QED) is 0.866. The molecule has 0 saturated carbocycles. The number of hydrogen-bond donors (Lipinski definition) is 1. The maximum absolute atomic E-state index is 5.46. The monoisotopic (exact) mass is 248 g/mol. The van der Waals surface area contributed by atoms with Gasteiger partial charge in [-0.05, 0) is 44.4 Å². The lowest BCUT2D eigenvalue weighted by molar-refractivity contribution is 0.133. The van der Waals surface area contributed by atoms with Gasteiger partial charge in [0.05, 0.1) is 6.61 Å². The van der Waals surface area contributed by atoms with Gasteiger partial charge < -0.3 is 4.74 Å². The molecule has 1 atom stereocenters. The molecule has 1 fully saturated rings. The summed E-state index contributed by atoms with van der Waals surface area (Å²) in [6.07, 6.45) is 3.99. The van der Waals surface area contributed by atoms with Gasteiger partial charge in [0.15, 0.2) is 0 Å². The molecule has 1 aromatic rings. The highest BCUT2D eigenvalue weighted by Crippen LogP contribution is 2.18. The molecule has 1 N–H and O–H groups in total. The fourth-order valence-electron chi connectivity index (χ4n) is 2.39. The Hall–Kier alpha value is -1.06. The molecular formula is C15H24N2O. The summed E-state index contributed by atoms with van der Waals surface area (Å²) in [5.41, 5.74) is 4.89. The van der Waals surface area contributed by atoms with Crippen LogP contribution in [0.25, 0.3) is 0 Å². The molecule has 0 aliphatic carbocycles. The van der Waals surface area contributed by atoms with Crippen molar-refractivity contribution < 1.29 is 4.74 Å². The van der Waals surface area contributed by atoms with Crippen LogP contribution < -0.4 is 10.2 Å². The van der Waals surface area contributed by atoms with Crippen molar-refractivity contribution in [2.75, 3.05) is 19.7 Å². The lowest BCUT2D eigenvalue weighted by atomic mass is 10.1. The van der Waals surface area contributed by atoms with Crippen molar-refractivity contribution >= 4 is 0 Å². The van der Waals surface area contributed by atoms with Crippen LogP contribution in [0.1, 0.15) is 44.7 Å². The Morgan fingerprint density at radius 1 is 1.17 bits per heavy atom. The maximum Gasteiger partial charge on any atom is 0.119 e. The lowest BCUT2D eigenvalue weighted by Crippen LogP contribution is -2.42. The number of nitrogens with one attached hydrogen (secondary N) is 1. The predicted octanol–water partition coefficient (Wildman–Crippen LogP) is 3.14. The molecule has 1 aliphatic heterocycles. The second-order valence-electron chi connectivity index (χ2n) is 4.90. The van der Waals surface area contributed by atoms with Gasteiger partial charge >= 0.3 is 0 Å². The van der Waals surface area contributed by atoms with Crippen molar-refractivity contribution in [2.45, 2.75) is 39.2 Å². The summed E-state index contributed by atoms with van der Waals surface area (Å²) in [6, 6.07) is 8.75. The third-order valence-corrected chi connectivity index (χ3v) is 3.42. The highest BCUT2D eigenvalue weighted by molar-refractivity contribution is 5.28. The van der Waals surface area contributed by atoms with Crippen LogP contribution in [-0.2, 0) is 0 Å². The van der Waals surface area contributed by atoms with Gasteiger partial charge in [0.25, 0.3) is 0 Å². The fraction of sp³-hybridized carbons (Fsp3) is 0.600. The zero-order chi connectivity index (χ0) is 12.8. The van der Waals surface area contributed by atoms with E-state index in [4.69, 9.17) is 4.74 Å². The van der Waals surface area contributed by atoms with Gasteiger partial charge in [-0.3, -0.25) is 0 Å². The summed E-state index contributed by atoms with van der Waals surface area (Å²) in [6.45, 7) is 7.28. The van der Waals surface area contributed by atoms with Gasteiger partial charge in [-0.1, -0.05) is 18.6 Å². The van der Waals surface area contributed by atoms with E-state index < -0.39 is 0 Å². The fourth-order valence-corrected chi connectivity index (χ4v) is 2.39. The van der Waals surface area contributed by atoms with Crippen LogP contribution in [-0.4, -0.2) is 24.7 Å². The van der Waals surface area contributed by atoms with Crippen LogP contribution in [0.15, 0.2) is 24.3 Å². The van der Waals surface area contributed by atoms with E-state index in [2.05, 4.69) is 29.5 Å². The third-order valence-electron chi connectivity index (χ3n) is 3.42. The Morgan fingerprint density at radius 3 is 2.44 bits per heavy atom. The Kier molecular flexibility index (Phi) is 5.02. The average molecular weight is 248 g/mol. The number of piperidine rings is 1. The molecule has 18 heavy (non-hydrogen) atoms. The van der Waals surface area contributed by atoms with Crippen molar-refractivity contribution in [3.8, 4) is 5.75 Å². The van der Waals surface area contributed by atoms with Gasteiger partial charge in [-0.15, -0.1) is 0 Å². The highest BCUT2D eigenvalue weighted by atomic mass is 16.5. The number of benzene rings is 1. The zero-order valence-corrected chi connectivity index (χ0v) is 11.5. The van der Waals surface area contributed by atoms with Crippen LogP contribution in [0.2, 0.25) is 0 Å². The van der Waals surface area contributed by atoms with E-state index in [0.29, 0.717) is 6.04 Å². The lowest BCUT2D eigenvalue weighted by Gasteiger charge is -2.30. The molecule has 0 spiro atoms. The normalized spacial score (nSPS) is 18.6. The van der Waals surface area contributed by atoms with E-state index in [0.717, 1.165) is 12.4 Å². The Balaban J connectivity index is 1.89. The van der Waals surface area contributed by atoms with Crippen LogP contribution in [0.4, 0.5) is 0 Å². The van der Waals surface area contributed by atoms with E-state index in [1.54, 1.807) is 0 Å². The summed E-state index contributed by atoms with van der Waals surface area (Å²) in [5, 5.41) is 2.35. The number of hydrogen-bond acceptors (Lipinski definition) is 3. The maximum atomic E-state index is 5.46. The topological polar surface area (TPSA) is 24.5 Å². The molecular weight excluding hydrogens is 224 g/mol. The second-order valence-corrected chi connectivity index (χ2v) is 4.90. The smallest absolute Gasteiger partial charge is 0.119 e. The van der Waals surface area contributed by atoms with Gasteiger partial charge in [0.2, 0.25) is 0 Å². The highest BCUT2D eigenvalue weighted by Gasteiger charge is 2.13. The molecule has 0 radical (unpaired) electrons. The van der Waals surface area contributed by atoms with Crippen molar-refractivity contribution in [2.24, 2.45) is 0 Å². The van der Waals surface area contributed by atoms with Crippen LogP contribution in [0.3, 0.4) is 0 Å². The van der Waals surface area contributed by atoms with Gasteiger partial charge in [0, 0.05) is 19.1 Å². The first-order valence-electron chi connectivity index (χ1n) is 7.03. The molecule has 3 nitrogen and oxygen atoms in total. The SMILES string of the molecule is CCOc1ccc(C(C)NN2CCCCC2)cc1. The first-order chi connectivity index (χ1) is 8.79. The molecule has 1 unspecified atom stereocenters. The predicted molar refractivity (Wildman–Crippen MR) is 74.6 cm³/mol. The number of rotatable bonds is 5. The van der Waals surface area contributed by atoms with Crippen LogP contribution >= 0.6 is 0 Å². The molecule has 100 valence electrons. The van der Waals surface area contributed by atoms with Gasteiger partial charge in [-0.25, -0.2) is 10.4 Å². The molecule has 2 rings (SSSR count). The van der Waals surface area contributed by atoms with E-state index in [1.807, 2.05) is 19.1 Å². The summed E-state index contributed by atoms with van der Waals surface area (Å²) < 4.78 is 5.46. The summed E-state index contributed by atoms with van der Waals surface area (Å²) in [5.74, 6) is 0.950. The molecule has 1 aliphatic rings. The standard InChI is InChI=1S/C15H24N2O/c1-3-18-15-9-7-14(8-10-15)13(2)16-17-11-5-4-6-12-17/h7-10,13,16H,3-6,11-12H2,1-2H3. The van der Waals surface area contributed by atoms with Crippen molar-refractivity contribution in [1.29, 1.82) is 0 Å².